The lowest BCUT2D eigenvalue weighted by Crippen LogP contribution is -2.30. The Morgan fingerprint density at radius 2 is 2.29 bits per heavy atom. The molecule has 1 unspecified atom stereocenters. The maximum absolute atomic E-state index is 9.08. The highest BCUT2D eigenvalue weighted by Crippen LogP contribution is 2.08. The fourth-order valence-electron chi connectivity index (χ4n) is 1.03. The molecule has 1 aromatic rings. The predicted molar refractivity (Wildman–Crippen MR) is 55.8 cm³/mol. The third-order valence-electron chi connectivity index (χ3n) is 1.99. The summed E-state index contributed by atoms with van der Waals surface area (Å²) in [4.78, 5) is 7.98. The maximum atomic E-state index is 9.08. The molecule has 0 spiro atoms. The average Bonchev–Trinajstić information content (AvgIpc) is 2.14. The highest BCUT2D eigenvalue weighted by molar-refractivity contribution is 5.35. The van der Waals surface area contributed by atoms with Crippen molar-refractivity contribution in [1.82, 2.24) is 9.97 Å². The van der Waals surface area contributed by atoms with Gasteiger partial charge in [0, 0.05) is 6.20 Å². The minimum absolute atomic E-state index is 0.0446. The van der Waals surface area contributed by atoms with Crippen molar-refractivity contribution in [3.05, 3.63) is 12.3 Å². The number of nitrogen functional groups attached to an aromatic ring is 1. The second-order valence-electron chi connectivity index (χ2n) is 3.48. The zero-order valence-corrected chi connectivity index (χ0v) is 8.44. The van der Waals surface area contributed by atoms with Gasteiger partial charge in [-0.1, -0.05) is 13.8 Å². The Morgan fingerprint density at radius 1 is 1.57 bits per heavy atom. The van der Waals surface area contributed by atoms with Crippen molar-refractivity contribution in [3.63, 3.8) is 0 Å². The largest absolute Gasteiger partial charge is 0.394 e. The SMILES string of the molecule is CC(C)C(CO)Nc1nccc(N)n1. The molecular formula is C9H16N4O. The second kappa shape index (κ2) is 4.76. The van der Waals surface area contributed by atoms with Crippen LogP contribution < -0.4 is 11.1 Å². The van der Waals surface area contributed by atoms with Crippen LogP contribution in [0.1, 0.15) is 13.8 Å². The first-order chi connectivity index (χ1) is 6.63. The van der Waals surface area contributed by atoms with Gasteiger partial charge < -0.3 is 16.2 Å². The molecule has 4 N–H and O–H groups in total. The Labute approximate surface area is 83.4 Å². The molecule has 1 heterocycles. The Balaban J connectivity index is 2.67. The van der Waals surface area contributed by atoms with E-state index in [1.807, 2.05) is 13.8 Å². The van der Waals surface area contributed by atoms with Gasteiger partial charge in [-0.2, -0.15) is 4.98 Å². The minimum Gasteiger partial charge on any atom is -0.394 e. The molecule has 0 aliphatic rings. The molecule has 0 aromatic carbocycles. The van der Waals surface area contributed by atoms with Crippen LogP contribution in [0.2, 0.25) is 0 Å². The summed E-state index contributed by atoms with van der Waals surface area (Å²) >= 11 is 0. The summed E-state index contributed by atoms with van der Waals surface area (Å²) in [5.41, 5.74) is 5.50. The maximum Gasteiger partial charge on any atom is 0.224 e. The summed E-state index contributed by atoms with van der Waals surface area (Å²) in [6.45, 7) is 4.08. The third-order valence-corrected chi connectivity index (χ3v) is 1.99. The molecule has 0 radical (unpaired) electrons. The number of hydrogen-bond donors (Lipinski definition) is 3. The first kappa shape index (κ1) is 10.7. The monoisotopic (exact) mass is 196 g/mol. The van der Waals surface area contributed by atoms with Gasteiger partial charge in [0.1, 0.15) is 5.82 Å². The van der Waals surface area contributed by atoms with E-state index in [1.165, 1.54) is 0 Å². The van der Waals surface area contributed by atoms with E-state index >= 15 is 0 Å². The fraction of sp³-hybridized carbons (Fsp3) is 0.556. The van der Waals surface area contributed by atoms with Crippen LogP contribution in [-0.4, -0.2) is 27.7 Å². The summed E-state index contributed by atoms with van der Waals surface area (Å²) in [5, 5.41) is 12.1. The van der Waals surface area contributed by atoms with E-state index in [-0.39, 0.29) is 12.6 Å². The number of aromatic nitrogens is 2. The van der Waals surface area contributed by atoms with E-state index in [1.54, 1.807) is 12.3 Å². The van der Waals surface area contributed by atoms with Crippen molar-refractivity contribution >= 4 is 11.8 Å². The number of aliphatic hydroxyl groups excluding tert-OH is 1. The van der Waals surface area contributed by atoms with Crippen LogP contribution in [0.5, 0.6) is 0 Å². The quantitative estimate of drug-likeness (QED) is 0.652. The molecule has 0 amide bonds. The highest BCUT2D eigenvalue weighted by atomic mass is 16.3. The normalized spacial score (nSPS) is 12.9. The van der Waals surface area contributed by atoms with Gasteiger partial charge in [-0.05, 0) is 12.0 Å². The average molecular weight is 196 g/mol. The molecule has 0 saturated carbocycles. The topological polar surface area (TPSA) is 84.1 Å². The van der Waals surface area contributed by atoms with E-state index in [9.17, 15) is 0 Å². The predicted octanol–water partition coefficient (Wildman–Crippen LogP) is 0.488. The van der Waals surface area contributed by atoms with Crippen molar-refractivity contribution < 1.29 is 5.11 Å². The van der Waals surface area contributed by atoms with Gasteiger partial charge in [0.2, 0.25) is 5.95 Å². The molecular weight excluding hydrogens is 180 g/mol. The lowest BCUT2D eigenvalue weighted by molar-refractivity contribution is 0.248. The number of anilines is 2. The number of nitrogens with one attached hydrogen (secondary N) is 1. The van der Waals surface area contributed by atoms with Crippen molar-refractivity contribution in [2.45, 2.75) is 19.9 Å². The first-order valence-corrected chi connectivity index (χ1v) is 4.59. The van der Waals surface area contributed by atoms with E-state index in [2.05, 4.69) is 15.3 Å². The van der Waals surface area contributed by atoms with Crippen molar-refractivity contribution in [1.29, 1.82) is 0 Å². The Hall–Kier alpha value is -1.36. The van der Waals surface area contributed by atoms with Gasteiger partial charge in [-0.25, -0.2) is 4.98 Å². The van der Waals surface area contributed by atoms with Gasteiger partial charge in [-0.3, -0.25) is 0 Å². The number of rotatable bonds is 4. The van der Waals surface area contributed by atoms with Gasteiger partial charge >= 0.3 is 0 Å². The molecule has 0 fully saturated rings. The Morgan fingerprint density at radius 3 is 2.79 bits per heavy atom. The number of nitrogens with two attached hydrogens (primary N) is 1. The van der Waals surface area contributed by atoms with Crippen LogP contribution in [0.25, 0.3) is 0 Å². The van der Waals surface area contributed by atoms with E-state index < -0.39 is 0 Å². The zero-order chi connectivity index (χ0) is 10.6. The molecule has 0 aliphatic carbocycles. The first-order valence-electron chi connectivity index (χ1n) is 4.59. The fourth-order valence-corrected chi connectivity index (χ4v) is 1.03. The Kier molecular flexibility index (Phi) is 3.64. The molecule has 1 rings (SSSR count). The molecule has 0 bridgehead atoms. The van der Waals surface area contributed by atoms with E-state index in [0.717, 1.165) is 0 Å². The molecule has 78 valence electrons. The van der Waals surface area contributed by atoms with Crippen molar-refractivity contribution in [2.24, 2.45) is 5.92 Å². The van der Waals surface area contributed by atoms with Crippen LogP contribution in [-0.2, 0) is 0 Å². The van der Waals surface area contributed by atoms with Gasteiger partial charge in [0.25, 0.3) is 0 Å². The summed E-state index contributed by atoms with van der Waals surface area (Å²) in [7, 11) is 0. The van der Waals surface area contributed by atoms with Gasteiger partial charge in [0.05, 0.1) is 12.6 Å². The second-order valence-corrected chi connectivity index (χ2v) is 3.48. The smallest absolute Gasteiger partial charge is 0.224 e. The van der Waals surface area contributed by atoms with Crippen LogP contribution in [0.3, 0.4) is 0 Å². The molecule has 1 atom stereocenters. The molecule has 0 saturated heterocycles. The lowest BCUT2D eigenvalue weighted by Gasteiger charge is -2.19. The highest BCUT2D eigenvalue weighted by Gasteiger charge is 2.12. The summed E-state index contributed by atoms with van der Waals surface area (Å²) in [6.07, 6.45) is 1.58. The third kappa shape index (κ3) is 2.85. The van der Waals surface area contributed by atoms with Crippen molar-refractivity contribution in [3.8, 4) is 0 Å². The molecule has 5 nitrogen and oxygen atoms in total. The minimum atomic E-state index is -0.0446. The van der Waals surface area contributed by atoms with Crippen LogP contribution in [0.15, 0.2) is 12.3 Å². The number of aliphatic hydroxyl groups is 1. The van der Waals surface area contributed by atoms with Crippen molar-refractivity contribution in [2.75, 3.05) is 17.7 Å². The van der Waals surface area contributed by atoms with Gasteiger partial charge in [-0.15, -0.1) is 0 Å². The molecule has 0 aliphatic heterocycles. The molecule has 5 heteroatoms. The Bertz CT molecular complexity index is 290. The summed E-state index contributed by atoms with van der Waals surface area (Å²) in [5.74, 6) is 1.19. The molecule has 1 aromatic heterocycles. The molecule has 14 heavy (non-hydrogen) atoms. The van der Waals surface area contributed by atoms with Crippen LogP contribution in [0.4, 0.5) is 11.8 Å². The van der Waals surface area contributed by atoms with Gasteiger partial charge in [0.15, 0.2) is 0 Å². The van der Waals surface area contributed by atoms with E-state index in [4.69, 9.17) is 10.8 Å². The lowest BCUT2D eigenvalue weighted by atomic mass is 10.1. The number of nitrogens with zero attached hydrogens (tertiary/aromatic N) is 2. The summed E-state index contributed by atoms with van der Waals surface area (Å²) in [6, 6.07) is 1.57. The summed E-state index contributed by atoms with van der Waals surface area (Å²) < 4.78 is 0. The van der Waals surface area contributed by atoms with Crippen LogP contribution >= 0.6 is 0 Å². The number of hydrogen-bond acceptors (Lipinski definition) is 5. The zero-order valence-electron chi connectivity index (χ0n) is 8.44. The van der Waals surface area contributed by atoms with Crippen LogP contribution in [0, 0.1) is 5.92 Å². The standard InChI is InChI=1S/C9H16N4O/c1-6(2)7(5-14)12-9-11-4-3-8(10)13-9/h3-4,6-7,14H,5H2,1-2H3,(H3,10,11,12,13). The van der Waals surface area contributed by atoms with E-state index in [0.29, 0.717) is 17.7 Å².